The van der Waals surface area contributed by atoms with Gasteiger partial charge in [-0.05, 0) is 32.9 Å². The van der Waals surface area contributed by atoms with Gasteiger partial charge in [-0.1, -0.05) is 18.2 Å². The number of nitrogens with two attached hydrogens (primary N) is 1. The van der Waals surface area contributed by atoms with Crippen LogP contribution < -0.4 is 20.0 Å². The number of ether oxygens (including phenoxy) is 1. The maximum atomic E-state index is 12.2. The van der Waals surface area contributed by atoms with E-state index in [2.05, 4.69) is 10.0 Å². The molecule has 8 nitrogen and oxygen atoms in total. The Hall–Kier alpha value is -1.97. The van der Waals surface area contributed by atoms with Crippen LogP contribution in [0.5, 0.6) is 5.75 Å². The second-order valence-electron chi connectivity index (χ2n) is 5.84. The SMILES string of the molecule is CC(C)(C)OC(=O)C(CNC(=O)CN)NS(=O)Oc1ccccc1. The molecule has 0 spiro atoms. The Bertz CT molecular complexity index is 574. The van der Waals surface area contributed by atoms with Crippen LogP contribution in [0.4, 0.5) is 0 Å². The molecule has 134 valence electrons. The van der Waals surface area contributed by atoms with Crippen molar-refractivity contribution in [2.45, 2.75) is 32.4 Å². The third-order valence-electron chi connectivity index (χ3n) is 2.53. The fourth-order valence-electron chi connectivity index (χ4n) is 1.54. The molecule has 1 aromatic rings. The Labute approximate surface area is 143 Å². The van der Waals surface area contributed by atoms with Crippen molar-refractivity contribution in [3.8, 4) is 5.75 Å². The van der Waals surface area contributed by atoms with Gasteiger partial charge in [0.1, 0.15) is 17.4 Å². The highest BCUT2D eigenvalue weighted by atomic mass is 32.2. The highest BCUT2D eigenvalue weighted by molar-refractivity contribution is 7.78. The minimum Gasteiger partial charge on any atom is -0.459 e. The Morgan fingerprint density at radius 2 is 1.88 bits per heavy atom. The smallest absolute Gasteiger partial charge is 0.326 e. The topological polar surface area (TPSA) is 120 Å². The molecule has 1 aromatic carbocycles. The summed E-state index contributed by atoms with van der Waals surface area (Å²) in [5.74, 6) is -0.734. The van der Waals surface area contributed by atoms with E-state index in [0.29, 0.717) is 5.75 Å². The predicted octanol–water partition coefficient (Wildman–Crippen LogP) is 0.0189. The summed E-state index contributed by atoms with van der Waals surface area (Å²) in [5, 5.41) is 2.45. The van der Waals surface area contributed by atoms with Crippen molar-refractivity contribution in [1.29, 1.82) is 0 Å². The minimum absolute atomic E-state index is 0.130. The number of nitrogens with one attached hydrogen (secondary N) is 2. The summed E-state index contributed by atoms with van der Waals surface area (Å²) in [7, 11) is 0. The molecule has 1 rings (SSSR count). The lowest BCUT2D eigenvalue weighted by molar-refractivity contribution is -0.156. The normalized spacial score (nSPS) is 13.7. The fourth-order valence-corrected chi connectivity index (χ4v) is 2.28. The molecule has 2 atom stereocenters. The Morgan fingerprint density at radius 3 is 2.42 bits per heavy atom. The predicted molar refractivity (Wildman–Crippen MR) is 90.0 cm³/mol. The van der Waals surface area contributed by atoms with Gasteiger partial charge in [0.25, 0.3) is 11.3 Å². The number of rotatable bonds is 8. The van der Waals surface area contributed by atoms with Gasteiger partial charge in [-0.25, -0.2) is 0 Å². The minimum atomic E-state index is -2.00. The molecule has 24 heavy (non-hydrogen) atoms. The van der Waals surface area contributed by atoms with E-state index in [-0.39, 0.29) is 13.1 Å². The van der Waals surface area contributed by atoms with Gasteiger partial charge in [-0.3, -0.25) is 9.59 Å². The first-order valence-electron chi connectivity index (χ1n) is 7.32. The third kappa shape index (κ3) is 8.04. The maximum Gasteiger partial charge on any atom is 0.326 e. The lowest BCUT2D eigenvalue weighted by Crippen LogP contribution is -2.50. The van der Waals surface area contributed by atoms with Crippen LogP contribution in [0.15, 0.2) is 30.3 Å². The average Bonchev–Trinajstić information content (AvgIpc) is 2.50. The van der Waals surface area contributed by atoms with Crippen LogP contribution in [0, 0.1) is 0 Å². The van der Waals surface area contributed by atoms with Gasteiger partial charge in [0, 0.05) is 6.54 Å². The highest BCUT2D eigenvalue weighted by Crippen LogP contribution is 2.11. The van der Waals surface area contributed by atoms with Gasteiger partial charge in [-0.2, -0.15) is 8.93 Å². The van der Waals surface area contributed by atoms with Crippen LogP contribution in [-0.2, 0) is 25.6 Å². The molecule has 0 fully saturated rings. The Balaban J connectivity index is 2.70. The summed E-state index contributed by atoms with van der Waals surface area (Å²) >= 11 is -2.00. The number of para-hydroxylation sites is 1. The zero-order valence-corrected chi connectivity index (χ0v) is 14.7. The lowest BCUT2D eigenvalue weighted by Gasteiger charge is -2.24. The van der Waals surface area contributed by atoms with Crippen molar-refractivity contribution in [3.63, 3.8) is 0 Å². The van der Waals surface area contributed by atoms with E-state index >= 15 is 0 Å². The summed E-state index contributed by atoms with van der Waals surface area (Å²) in [6, 6.07) is 7.42. The van der Waals surface area contributed by atoms with Crippen LogP contribution in [-0.4, -0.2) is 40.8 Å². The van der Waals surface area contributed by atoms with Gasteiger partial charge in [0.05, 0.1) is 6.54 Å². The van der Waals surface area contributed by atoms with Crippen LogP contribution in [0.3, 0.4) is 0 Å². The molecule has 9 heteroatoms. The van der Waals surface area contributed by atoms with Gasteiger partial charge in [0.2, 0.25) is 5.91 Å². The van der Waals surface area contributed by atoms with Crippen LogP contribution in [0.25, 0.3) is 0 Å². The summed E-state index contributed by atoms with van der Waals surface area (Å²) in [6.07, 6.45) is 0. The zero-order chi connectivity index (χ0) is 18.2. The average molecular weight is 357 g/mol. The molecular formula is C15H23N3O5S. The standard InChI is InChI=1S/C15H23N3O5S/c1-15(2,3)22-14(20)12(10-17-13(19)9-16)18-24(21)23-11-7-5-4-6-8-11/h4-8,12,18H,9-10,16H2,1-3H3,(H,17,19). The van der Waals surface area contributed by atoms with E-state index in [9.17, 15) is 13.8 Å². The van der Waals surface area contributed by atoms with Crippen molar-refractivity contribution in [3.05, 3.63) is 30.3 Å². The molecule has 0 saturated heterocycles. The largest absolute Gasteiger partial charge is 0.459 e. The van der Waals surface area contributed by atoms with Gasteiger partial charge in [0.15, 0.2) is 0 Å². The van der Waals surface area contributed by atoms with Crippen molar-refractivity contribution in [2.24, 2.45) is 5.73 Å². The number of hydrogen-bond acceptors (Lipinski definition) is 6. The number of amides is 1. The van der Waals surface area contributed by atoms with Crippen LogP contribution >= 0.6 is 0 Å². The molecule has 2 unspecified atom stereocenters. The van der Waals surface area contributed by atoms with E-state index in [1.54, 1.807) is 51.1 Å². The lowest BCUT2D eigenvalue weighted by atomic mass is 10.2. The number of benzene rings is 1. The highest BCUT2D eigenvalue weighted by Gasteiger charge is 2.27. The third-order valence-corrected chi connectivity index (χ3v) is 3.35. The van der Waals surface area contributed by atoms with E-state index < -0.39 is 34.8 Å². The molecule has 0 aliphatic carbocycles. The number of hydrogen-bond donors (Lipinski definition) is 3. The number of esters is 1. The summed E-state index contributed by atoms with van der Waals surface area (Å²) in [6.45, 7) is 4.77. The molecule has 0 aliphatic rings. The number of carbonyl (C=O) groups is 2. The zero-order valence-electron chi connectivity index (χ0n) is 13.9. The first-order chi connectivity index (χ1) is 11.2. The Kier molecular flexibility index (Phi) is 7.83. The molecule has 0 bridgehead atoms. The van der Waals surface area contributed by atoms with Gasteiger partial charge < -0.3 is 20.0 Å². The molecule has 4 N–H and O–H groups in total. The first kappa shape index (κ1) is 20.1. The summed E-state index contributed by atoms with van der Waals surface area (Å²) < 4.78 is 24.9. The van der Waals surface area contributed by atoms with Crippen molar-refractivity contribution in [1.82, 2.24) is 10.0 Å². The monoisotopic (exact) mass is 357 g/mol. The number of carbonyl (C=O) groups excluding carboxylic acids is 2. The van der Waals surface area contributed by atoms with Gasteiger partial charge >= 0.3 is 5.97 Å². The molecule has 1 amide bonds. The van der Waals surface area contributed by atoms with Crippen molar-refractivity contribution in [2.75, 3.05) is 13.1 Å². The first-order valence-corrected chi connectivity index (χ1v) is 8.39. The molecule has 0 aliphatic heterocycles. The second kappa shape index (κ2) is 9.36. The van der Waals surface area contributed by atoms with E-state index in [1.807, 2.05) is 0 Å². The van der Waals surface area contributed by atoms with E-state index in [1.165, 1.54) is 0 Å². The van der Waals surface area contributed by atoms with Crippen LogP contribution in [0.2, 0.25) is 0 Å². The summed E-state index contributed by atoms with van der Waals surface area (Å²) in [4.78, 5) is 23.5. The fraction of sp³-hybridized carbons (Fsp3) is 0.467. The van der Waals surface area contributed by atoms with Crippen molar-refractivity contribution < 1.29 is 22.7 Å². The molecule has 0 heterocycles. The Morgan fingerprint density at radius 1 is 1.25 bits per heavy atom. The molecule has 0 saturated carbocycles. The molecule has 0 radical (unpaired) electrons. The maximum absolute atomic E-state index is 12.2. The summed E-state index contributed by atoms with van der Waals surface area (Å²) in [5.41, 5.74) is 4.48. The van der Waals surface area contributed by atoms with E-state index in [4.69, 9.17) is 14.7 Å². The second-order valence-corrected chi connectivity index (χ2v) is 6.71. The van der Waals surface area contributed by atoms with Crippen molar-refractivity contribution >= 4 is 23.1 Å². The van der Waals surface area contributed by atoms with Gasteiger partial charge in [-0.15, -0.1) is 0 Å². The molecule has 0 aromatic heterocycles. The quantitative estimate of drug-likeness (QED) is 0.564. The van der Waals surface area contributed by atoms with Crippen LogP contribution in [0.1, 0.15) is 20.8 Å². The molecular weight excluding hydrogens is 334 g/mol. The van der Waals surface area contributed by atoms with E-state index in [0.717, 1.165) is 0 Å².